The molecule has 47 valence electrons. The molecule has 1 atom stereocenters. The van der Waals surface area contributed by atoms with Crippen molar-refractivity contribution >= 4 is 0 Å². The van der Waals surface area contributed by atoms with E-state index in [-0.39, 0.29) is 6.17 Å². The van der Waals surface area contributed by atoms with Crippen molar-refractivity contribution in [1.29, 1.82) is 0 Å². The number of hydrogen-bond donors (Lipinski definition) is 0. The summed E-state index contributed by atoms with van der Waals surface area (Å²) in [6, 6.07) is 0. The van der Waals surface area contributed by atoms with Crippen LogP contribution in [0.2, 0.25) is 0 Å². The monoisotopic (exact) mass is 113 g/mol. The molecular weight excluding hydrogens is 100 g/mol. The average molecular weight is 113 g/mol. The van der Waals surface area contributed by atoms with Gasteiger partial charge in [-0.1, -0.05) is 0 Å². The van der Waals surface area contributed by atoms with Crippen LogP contribution in [0, 0.1) is 0 Å². The lowest BCUT2D eigenvalue weighted by atomic mass is 10.4. The first kappa shape index (κ1) is 6.05. The summed E-state index contributed by atoms with van der Waals surface area (Å²) in [5, 5.41) is 0. The third-order valence-corrected chi connectivity index (χ3v) is 1.69. The van der Waals surface area contributed by atoms with E-state index in [0.29, 0.717) is 0 Å². The van der Waals surface area contributed by atoms with Gasteiger partial charge in [-0.15, -0.1) is 0 Å². The van der Waals surface area contributed by atoms with E-state index in [1.165, 1.54) is 12.8 Å². The Morgan fingerprint density at radius 3 is 2.12 bits per heavy atom. The molecule has 0 aromatic rings. The molecule has 0 spiro atoms. The molecule has 1 unspecified atom stereocenters. The highest BCUT2D eigenvalue weighted by atomic mass is 15.2. The average Bonchev–Trinajstić information content (AvgIpc) is 2.12. The second-order valence-electron chi connectivity index (χ2n) is 2.42. The number of likely N-dealkylation sites (tertiary alicyclic amines) is 1. The van der Waals surface area contributed by atoms with Crippen molar-refractivity contribution < 1.29 is 0 Å². The Morgan fingerprint density at radius 1 is 1.38 bits per heavy atom. The Bertz CT molecular complexity index is 64.9. The molecule has 1 heterocycles. The molecule has 1 aliphatic heterocycles. The van der Waals surface area contributed by atoms with E-state index in [2.05, 4.69) is 4.90 Å². The van der Waals surface area contributed by atoms with Gasteiger partial charge in [0, 0.05) is 0 Å². The molecule has 0 aromatic carbocycles. The van der Waals surface area contributed by atoms with Gasteiger partial charge >= 0.3 is 0 Å². The Kier molecular flexibility index (Phi) is 1.86. The van der Waals surface area contributed by atoms with Crippen molar-refractivity contribution in [2.24, 2.45) is 0 Å². The summed E-state index contributed by atoms with van der Waals surface area (Å²) in [6.07, 6.45) is 2.62. The van der Waals surface area contributed by atoms with Crippen LogP contribution in [0.15, 0.2) is 0 Å². The topological polar surface area (TPSA) is 27.0 Å². The van der Waals surface area contributed by atoms with Crippen LogP contribution in [-0.4, -0.2) is 24.2 Å². The van der Waals surface area contributed by atoms with E-state index >= 15 is 0 Å². The minimum atomic E-state index is 0.0255. The highest BCUT2D eigenvalue weighted by molar-refractivity contribution is 4.67. The predicted molar refractivity (Wildman–Crippen MR) is 33.4 cm³/mol. The van der Waals surface area contributed by atoms with Gasteiger partial charge in [-0.3, -0.25) is 4.90 Å². The quantitative estimate of drug-likeness (QED) is 0.492. The molecular formula is C6H13N2. The normalized spacial score (nSPS) is 26.2. The Balaban J connectivity index is 2.24. The van der Waals surface area contributed by atoms with Crippen molar-refractivity contribution in [1.82, 2.24) is 10.6 Å². The summed E-state index contributed by atoms with van der Waals surface area (Å²) in [4.78, 5) is 2.19. The second kappa shape index (κ2) is 2.46. The Labute approximate surface area is 50.7 Å². The van der Waals surface area contributed by atoms with Crippen molar-refractivity contribution in [2.75, 3.05) is 13.1 Å². The fourth-order valence-corrected chi connectivity index (χ4v) is 1.13. The summed E-state index contributed by atoms with van der Waals surface area (Å²) in [6.45, 7) is 4.22. The summed E-state index contributed by atoms with van der Waals surface area (Å²) < 4.78 is 0. The zero-order chi connectivity index (χ0) is 5.98. The van der Waals surface area contributed by atoms with Crippen LogP contribution in [0.25, 0.3) is 0 Å². The molecule has 1 N–H and O–H groups in total. The first-order valence-corrected chi connectivity index (χ1v) is 3.26. The molecule has 0 bridgehead atoms. The minimum Gasteiger partial charge on any atom is -0.287 e. The standard InChI is InChI=1S/C6H13N2/c1-6(7)8-4-2-3-5-8/h6-7H,2-5H2,1H3. The van der Waals surface area contributed by atoms with E-state index < -0.39 is 0 Å². The van der Waals surface area contributed by atoms with Crippen LogP contribution < -0.4 is 5.73 Å². The van der Waals surface area contributed by atoms with Gasteiger partial charge in [0.15, 0.2) is 0 Å². The van der Waals surface area contributed by atoms with Crippen LogP contribution >= 0.6 is 0 Å². The minimum absolute atomic E-state index is 0.0255. The largest absolute Gasteiger partial charge is 0.287 e. The molecule has 0 aliphatic carbocycles. The van der Waals surface area contributed by atoms with Gasteiger partial charge in [0.25, 0.3) is 0 Å². The maximum atomic E-state index is 7.30. The van der Waals surface area contributed by atoms with Gasteiger partial charge in [0.1, 0.15) is 0 Å². The van der Waals surface area contributed by atoms with Gasteiger partial charge < -0.3 is 0 Å². The lowest BCUT2D eigenvalue weighted by Gasteiger charge is -2.17. The van der Waals surface area contributed by atoms with Gasteiger partial charge in [-0.2, -0.15) is 0 Å². The van der Waals surface area contributed by atoms with Crippen molar-refractivity contribution in [3.8, 4) is 0 Å². The van der Waals surface area contributed by atoms with Crippen molar-refractivity contribution in [2.45, 2.75) is 25.9 Å². The van der Waals surface area contributed by atoms with Gasteiger partial charge in [-0.05, 0) is 32.9 Å². The fourth-order valence-electron chi connectivity index (χ4n) is 1.13. The lowest BCUT2D eigenvalue weighted by Crippen LogP contribution is -2.30. The van der Waals surface area contributed by atoms with Gasteiger partial charge in [0.05, 0.1) is 6.17 Å². The predicted octanol–water partition coefficient (Wildman–Crippen LogP) is 0.711. The van der Waals surface area contributed by atoms with E-state index in [9.17, 15) is 0 Å². The highest BCUT2D eigenvalue weighted by Crippen LogP contribution is 2.08. The van der Waals surface area contributed by atoms with E-state index in [4.69, 9.17) is 5.73 Å². The molecule has 0 aromatic heterocycles. The maximum Gasteiger partial charge on any atom is 0.0700 e. The van der Waals surface area contributed by atoms with Gasteiger partial charge in [-0.25, -0.2) is 5.73 Å². The van der Waals surface area contributed by atoms with Crippen molar-refractivity contribution in [3.63, 3.8) is 0 Å². The lowest BCUT2D eigenvalue weighted by molar-refractivity contribution is 0.258. The summed E-state index contributed by atoms with van der Waals surface area (Å²) >= 11 is 0. The molecule has 1 fully saturated rings. The zero-order valence-electron chi connectivity index (χ0n) is 5.35. The molecule has 1 radical (unpaired) electrons. The molecule has 1 rings (SSSR count). The highest BCUT2D eigenvalue weighted by Gasteiger charge is 2.13. The number of hydrogen-bond acceptors (Lipinski definition) is 1. The molecule has 2 nitrogen and oxygen atoms in total. The van der Waals surface area contributed by atoms with E-state index in [1.807, 2.05) is 6.92 Å². The molecule has 2 heteroatoms. The Hall–Kier alpha value is -0.0800. The molecule has 0 amide bonds. The number of rotatable bonds is 1. The summed E-state index contributed by atoms with van der Waals surface area (Å²) in [7, 11) is 0. The first-order valence-electron chi connectivity index (χ1n) is 3.26. The van der Waals surface area contributed by atoms with Crippen LogP contribution in [0.5, 0.6) is 0 Å². The van der Waals surface area contributed by atoms with Crippen LogP contribution in [0.1, 0.15) is 19.8 Å². The summed E-state index contributed by atoms with van der Waals surface area (Å²) in [5.41, 5.74) is 7.30. The molecule has 1 aliphatic rings. The fraction of sp³-hybridized carbons (Fsp3) is 1.00. The van der Waals surface area contributed by atoms with Crippen molar-refractivity contribution in [3.05, 3.63) is 0 Å². The van der Waals surface area contributed by atoms with Crippen LogP contribution in [-0.2, 0) is 0 Å². The smallest absolute Gasteiger partial charge is 0.0700 e. The Morgan fingerprint density at radius 2 is 1.88 bits per heavy atom. The SMILES string of the molecule is CC([NH])N1CCCC1. The van der Waals surface area contributed by atoms with Crippen LogP contribution in [0.4, 0.5) is 0 Å². The summed E-state index contributed by atoms with van der Waals surface area (Å²) in [5.74, 6) is 0. The van der Waals surface area contributed by atoms with Crippen LogP contribution in [0.3, 0.4) is 0 Å². The maximum absolute atomic E-state index is 7.30. The molecule has 8 heavy (non-hydrogen) atoms. The molecule has 0 saturated carbocycles. The zero-order valence-corrected chi connectivity index (χ0v) is 5.35. The molecule has 1 saturated heterocycles. The number of nitrogens with one attached hydrogen (secondary N) is 1. The van der Waals surface area contributed by atoms with E-state index in [1.54, 1.807) is 0 Å². The van der Waals surface area contributed by atoms with Gasteiger partial charge in [0.2, 0.25) is 0 Å². The number of nitrogens with zero attached hydrogens (tertiary/aromatic N) is 1. The third-order valence-electron chi connectivity index (χ3n) is 1.69. The second-order valence-corrected chi connectivity index (χ2v) is 2.42. The third kappa shape index (κ3) is 1.20. The first-order chi connectivity index (χ1) is 3.80. The van der Waals surface area contributed by atoms with E-state index in [0.717, 1.165) is 13.1 Å².